The summed E-state index contributed by atoms with van der Waals surface area (Å²) in [5.74, 6) is 0.339. The van der Waals surface area contributed by atoms with Crippen molar-refractivity contribution >= 4 is 16.6 Å². The Morgan fingerprint density at radius 3 is 2.35 bits per heavy atom. The van der Waals surface area contributed by atoms with Gasteiger partial charge in [0.1, 0.15) is 0 Å². The van der Waals surface area contributed by atoms with Crippen LogP contribution in [0.2, 0.25) is 0 Å². The first-order chi connectivity index (χ1) is 12.7. The Bertz CT molecular complexity index is 1090. The number of benzene rings is 3. The Hall–Kier alpha value is -3.40. The van der Waals surface area contributed by atoms with Crippen LogP contribution in [0.5, 0.6) is 0 Å². The summed E-state index contributed by atoms with van der Waals surface area (Å²) in [6, 6.07) is 25.4. The molecule has 0 aliphatic heterocycles. The monoisotopic (exact) mass is 342 g/mol. The maximum Gasteiger partial charge on any atom is 0.347 e. The maximum atomic E-state index is 12.1. The van der Waals surface area contributed by atoms with Crippen LogP contribution in [0, 0.1) is 0 Å². The van der Waals surface area contributed by atoms with E-state index in [4.69, 9.17) is 4.42 Å². The Labute approximate surface area is 151 Å². The molecular formula is C22H18N2O2. The molecule has 0 amide bonds. The molecule has 4 heteroatoms. The van der Waals surface area contributed by atoms with Crippen molar-refractivity contribution < 1.29 is 4.42 Å². The fraction of sp³-hybridized carbons (Fsp3) is 0.0909. The molecule has 4 rings (SSSR count). The largest absolute Gasteiger partial charge is 0.403 e. The molecule has 4 nitrogen and oxygen atoms in total. The summed E-state index contributed by atoms with van der Waals surface area (Å²) < 4.78 is 5.39. The van der Waals surface area contributed by atoms with Gasteiger partial charge in [0.05, 0.1) is 10.9 Å². The van der Waals surface area contributed by atoms with Gasteiger partial charge in [-0.2, -0.15) is 0 Å². The summed E-state index contributed by atoms with van der Waals surface area (Å²) in [6.07, 6.45) is 0. The Morgan fingerprint density at radius 2 is 1.58 bits per heavy atom. The van der Waals surface area contributed by atoms with Crippen molar-refractivity contribution in [2.24, 2.45) is 0 Å². The van der Waals surface area contributed by atoms with Crippen LogP contribution in [0.4, 0.5) is 5.69 Å². The molecule has 0 radical (unpaired) electrons. The normalized spacial score (nSPS) is 10.8. The predicted octanol–water partition coefficient (Wildman–Crippen LogP) is 4.49. The van der Waals surface area contributed by atoms with E-state index in [1.807, 2.05) is 54.6 Å². The number of aromatic nitrogens is 1. The standard InChI is InChI=1S/C22H18N2O2/c1-24(15-16-7-3-2-4-8-16)18-13-11-17(12-14-18)21-23-20-10-6-5-9-19(20)22(25)26-21/h2-14H,15H2,1H3. The van der Waals surface area contributed by atoms with Gasteiger partial charge in [-0.15, -0.1) is 0 Å². The third kappa shape index (κ3) is 3.22. The number of para-hydroxylation sites is 1. The topological polar surface area (TPSA) is 46.3 Å². The zero-order valence-electron chi connectivity index (χ0n) is 14.4. The van der Waals surface area contributed by atoms with Crippen LogP contribution in [-0.2, 0) is 6.54 Å². The van der Waals surface area contributed by atoms with Crippen molar-refractivity contribution in [1.82, 2.24) is 4.98 Å². The zero-order chi connectivity index (χ0) is 17.9. The average molecular weight is 342 g/mol. The highest BCUT2D eigenvalue weighted by molar-refractivity contribution is 5.78. The molecule has 4 aromatic rings. The molecule has 0 unspecified atom stereocenters. The predicted molar refractivity (Wildman–Crippen MR) is 104 cm³/mol. The van der Waals surface area contributed by atoms with Crippen molar-refractivity contribution in [2.75, 3.05) is 11.9 Å². The van der Waals surface area contributed by atoms with Gasteiger partial charge >= 0.3 is 5.63 Å². The van der Waals surface area contributed by atoms with Gasteiger partial charge in [0.25, 0.3) is 0 Å². The minimum absolute atomic E-state index is 0.339. The number of hydrogen-bond acceptors (Lipinski definition) is 4. The molecule has 1 aromatic heterocycles. The van der Waals surface area contributed by atoms with Crippen LogP contribution < -0.4 is 10.5 Å². The first-order valence-electron chi connectivity index (χ1n) is 8.46. The third-order valence-electron chi connectivity index (χ3n) is 4.35. The minimum Gasteiger partial charge on any atom is -0.403 e. The Morgan fingerprint density at radius 1 is 0.885 bits per heavy atom. The van der Waals surface area contributed by atoms with Crippen LogP contribution in [0.3, 0.4) is 0 Å². The zero-order valence-corrected chi connectivity index (χ0v) is 14.4. The molecule has 0 fully saturated rings. The number of fused-ring (bicyclic) bond motifs is 1. The highest BCUT2D eigenvalue weighted by Gasteiger charge is 2.09. The van der Waals surface area contributed by atoms with E-state index in [9.17, 15) is 4.79 Å². The van der Waals surface area contributed by atoms with Gasteiger partial charge in [0, 0.05) is 24.8 Å². The summed E-state index contributed by atoms with van der Waals surface area (Å²) in [5, 5.41) is 0.496. The molecule has 128 valence electrons. The Balaban J connectivity index is 1.61. The highest BCUT2D eigenvalue weighted by Crippen LogP contribution is 2.23. The van der Waals surface area contributed by atoms with Crippen molar-refractivity contribution in [3.05, 3.63) is 94.8 Å². The number of hydrogen-bond donors (Lipinski definition) is 0. The van der Waals surface area contributed by atoms with Crippen LogP contribution in [0.15, 0.2) is 88.1 Å². The van der Waals surface area contributed by atoms with Gasteiger partial charge in [-0.05, 0) is 42.0 Å². The number of anilines is 1. The van der Waals surface area contributed by atoms with Crippen molar-refractivity contribution in [2.45, 2.75) is 6.54 Å². The van der Waals surface area contributed by atoms with Gasteiger partial charge in [-0.25, -0.2) is 9.78 Å². The molecule has 3 aromatic carbocycles. The van der Waals surface area contributed by atoms with Crippen molar-refractivity contribution in [3.8, 4) is 11.5 Å². The first-order valence-corrected chi connectivity index (χ1v) is 8.46. The van der Waals surface area contributed by atoms with Gasteiger partial charge in [0.15, 0.2) is 0 Å². The maximum absolute atomic E-state index is 12.1. The van der Waals surface area contributed by atoms with E-state index in [2.05, 4.69) is 29.1 Å². The molecular weight excluding hydrogens is 324 g/mol. The van der Waals surface area contributed by atoms with E-state index >= 15 is 0 Å². The van der Waals surface area contributed by atoms with E-state index < -0.39 is 0 Å². The lowest BCUT2D eigenvalue weighted by molar-refractivity contribution is 0.518. The summed E-state index contributed by atoms with van der Waals surface area (Å²) in [5.41, 5.74) is 3.40. The van der Waals surface area contributed by atoms with Crippen LogP contribution in [0.1, 0.15) is 5.56 Å². The van der Waals surface area contributed by atoms with Crippen LogP contribution in [-0.4, -0.2) is 12.0 Å². The molecule has 0 N–H and O–H groups in total. The summed E-state index contributed by atoms with van der Waals surface area (Å²) in [7, 11) is 2.05. The summed E-state index contributed by atoms with van der Waals surface area (Å²) >= 11 is 0. The van der Waals surface area contributed by atoms with E-state index in [0.29, 0.717) is 16.8 Å². The molecule has 0 atom stereocenters. The van der Waals surface area contributed by atoms with Gasteiger partial charge < -0.3 is 9.32 Å². The smallest absolute Gasteiger partial charge is 0.347 e. The van der Waals surface area contributed by atoms with E-state index in [-0.39, 0.29) is 5.63 Å². The lowest BCUT2D eigenvalue weighted by Gasteiger charge is -2.19. The lowest BCUT2D eigenvalue weighted by atomic mass is 10.1. The second kappa shape index (κ2) is 6.84. The fourth-order valence-electron chi connectivity index (χ4n) is 2.95. The summed E-state index contributed by atoms with van der Waals surface area (Å²) in [4.78, 5) is 18.8. The van der Waals surface area contributed by atoms with Crippen molar-refractivity contribution in [3.63, 3.8) is 0 Å². The quantitative estimate of drug-likeness (QED) is 0.548. The van der Waals surface area contributed by atoms with Crippen LogP contribution in [0.25, 0.3) is 22.4 Å². The fourth-order valence-corrected chi connectivity index (χ4v) is 2.95. The van der Waals surface area contributed by atoms with E-state index in [1.54, 1.807) is 12.1 Å². The second-order valence-electron chi connectivity index (χ2n) is 6.21. The first kappa shape index (κ1) is 16.1. The van der Waals surface area contributed by atoms with Gasteiger partial charge in [-0.1, -0.05) is 42.5 Å². The molecule has 0 saturated carbocycles. The van der Waals surface area contributed by atoms with Gasteiger partial charge in [-0.3, -0.25) is 0 Å². The van der Waals surface area contributed by atoms with E-state index in [1.165, 1.54) is 5.56 Å². The summed E-state index contributed by atoms with van der Waals surface area (Å²) in [6.45, 7) is 0.823. The van der Waals surface area contributed by atoms with Gasteiger partial charge in [0.2, 0.25) is 5.89 Å². The molecule has 0 spiro atoms. The number of nitrogens with zero attached hydrogens (tertiary/aromatic N) is 2. The minimum atomic E-state index is -0.365. The lowest BCUT2D eigenvalue weighted by Crippen LogP contribution is -2.16. The molecule has 0 bridgehead atoms. The van der Waals surface area contributed by atoms with Crippen LogP contribution >= 0.6 is 0 Å². The third-order valence-corrected chi connectivity index (χ3v) is 4.35. The number of rotatable bonds is 4. The SMILES string of the molecule is CN(Cc1ccccc1)c1ccc(-c2nc3ccccc3c(=O)o2)cc1. The second-order valence-corrected chi connectivity index (χ2v) is 6.21. The molecule has 0 aliphatic rings. The average Bonchev–Trinajstić information content (AvgIpc) is 2.69. The molecule has 26 heavy (non-hydrogen) atoms. The Kier molecular flexibility index (Phi) is 4.23. The molecule has 0 aliphatic carbocycles. The van der Waals surface area contributed by atoms with Crippen molar-refractivity contribution in [1.29, 1.82) is 0 Å². The van der Waals surface area contributed by atoms with E-state index in [0.717, 1.165) is 17.8 Å². The molecule has 1 heterocycles. The highest BCUT2D eigenvalue weighted by atomic mass is 16.4. The molecule has 0 saturated heterocycles.